The van der Waals surface area contributed by atoms with Crippen LogP contribution in [0.25, 0.3) is 5.69 Å². The Balaban J connectivity index is 1.51. The summed E-state index contributed by atoms with van der Waals surface area (Å²) in [5.74, 6) is -0.158. The van der Waals surface area contributed by atoms with Gasteiger partial charge in [-0.2, -0.15) is 4.68 Å². The van der Waals surface area contributed by atoms with Crippen molar-refractivity contribution in [3.05, 3.63) is 59.2 Å². The fourth-order valence-electron chi connectivity index (χ4n) is 3.04. The molecule has 0 N–H and O–H groups in total. The summed E-state index contributed by atoms with van der Waals surface area (Å²) in [6, 6.07) is 12.2. The number of fused-ring (bicyclic) bond motifs is 1. The lowest BCUT2D eigenvalue weighted by Crippen LogP contribution is -2.32. The number of benzene rings is 2. The molecule has 0 saturated heterocycles. The maximum Gasteiger partial charge on any atom is 0.269 e. The van der Waals surface area contributed by atoms with Crippen molar-refractivity contribution in [2.75, 3.05) is 12.3 Å². The molecule has 4 rings (SSSR count). The summed E-state index contributed by atoms with van der Waals surface area (Å²) >= 11 is 1.30. The van der Waals surface area contributed by atoms with E-state index in [9.17, 15) is 13.2 Å². The molecule has 0 atom stereocenters. The largest absolute Gasteiger partial charge is 0.269 e. The first kappa shape index (κ1) is 18.6. The van der Waals surface area contributed by atoms with Gasteiger partial charge in [0.2, 0.25) is 5.16 Å². The highest BCUT2D eigenvalue weighted by atomic mass is 32.2. The monoisotopic (exact) mass is 415 g/mol. The zero-order valence-electron chi connectivity index (χ0n) is 15.2. The Morgan fingerprint density at radius 1 is 1.11 bits per heavy atom. The first-order valence-corrected chi connectivity index (χ1v) is 11.0. The Bertz CT molecular complexity index is 1170. The summed E-state index contributed by atoms with van der Waals surface area (Å²) in [4.78, 5) is 12.5. The Kier molecular flexibility index (Phi) is 4.68. The van der Waals surface area contributed by atoms with Crippen LogP contribution >= 0.6 is 11.8 Å². The maximum atomic E-state index is 12.6. The highest BCUT2D eigenvalue weighted by Gasteiger charge is 2.40. The third-order valence-electron chi connectivity index (χ3n) is 4.47. The molecule has 1 aromatic heterocycles. The molecular weight excluding hydrogens is 398 g/mol. The van der Waals surface area contributed by atoms with E-state index >= 15 is 0 Å². The van der Waals surface area contributed by atoms with Crippen molar-refractivity contribution in [1.82, 2.24) is 24.5 Å². The van der Waals surface area contributed by atoms with Crippen LogP contribution in [0.1, 0.15) is 21.5 Å². The van der Waals surface area contributed by atoms with Crippen LogP contribution in [-0.2, 0) is 10.0 Å². The van der Waals surface area contributed by atoms with Crippen molar-refractivity contribution in [3.8, 4) is 5.69 Å². The number of carbonyl (C=O) groups is 1. The molecule has 1 aliphatic heterocycles. The Morgan fingerprint density at radius 2 is 1.89 bits per heavy atom. The SMILES string of the molecule is Cc1ccc(C)c(-n2nnnc2SCCN2C(=O)c3ccccc3S2(=O)=O)c1. The Morgan fingerprint density at radius 3 is 2.68 bits per heavy atom. The molecule has 2 aromatic carbocycles. The van der Waals surface area contributed by atoms with Gasteiger partial charge in [0.15, 0.2) is 0 Å². The number of hydrogen-bond acceptors (Lipinski definition) is 7. The maximum absolute atomic E-state index is 12.6. The number of amides is 1. The highest BCUT2D eigenvalue weighted by Crippen LogP contribution is 2.30. The van der Waals surface area contributed by atoms with E-state index in [-0.39, 0.29) is 17.0 Å². The van der Waals surface area contributed by atoms with E-state index in [1.54, 1.807) is 16.8 Å². The lowest BCUT2D eigenvalue weighted by Gasteiger charge is -2.14. The molecule has 144 valence electrons. The van der Waals surface area contributed by atoms with Crippen LogP contribution in [0.5, 0.6) is 0 Å². The molecule has 2 heterocycles. The van der Waals surface area contributed by atoms with Gasteiger partial charge < -0.3 is 0 Å². The average Bonchev–Trinajstić information content (AvgIpc) is 3.21. The number of nitrogens with zero attached hydrogens (tertiary/aromatic N) is 5. The predicted molar refractivity (Wildman–Crippen MR) is 104 cm³/mol. The molecule has 0 radical (unpaired) electrons. The average molecular weight is 416 g/mol. The number of thioether (sulfide) groups is 1. The van der Waals surface area contributed by atoms with Gasteiger partial charge >= 0.3 is 0 Å². The molecule has 0 unspecified atom stereocenters. The molecular formula is C18H17N5O3S2. The van der Waals surface area contributed by atoms with Crippen molar-refractivity contribution < 1.29 is 13.2 Å². The fourth-order valence-corrected chi connectivity index (χ4v) is 5.53. The second kappa shape index (κ2) is 7.02. The number of aryl methyl sites for hydroxylation is 2. The van der Waals surface area contributed by atoms with E-state index in [1.807, 2.05) is 32.0 Å². The van der Waals surface area contributed by atoms with Gasteiger partial charge in [-0.1, -0.05) is 36.0 Å². The molecule has 1 amide bonds. The number of rotatable bonds is 5. The van der Waals surface area contributed by atoms with Crippen LogP contribution < -0.4 is 0 Å². The van der Waals surface area contributed by atoms with Crippen LogP contribution in [0.4, 0.5) is 0 Å². The number of aromatic nitrogens is 4. The number of hydrogen-bond donors (Lipinski definition) is 0. The van der Waals surface area contributed by atoms with Crippen molar-refractivity contribution in [2.24, 2.45) is 0 Å². The first-order chi connectivity index (χ1) is 13.4. The van der Waals surface area contributed by atoms with E-state index in [1.165, 1.54) is 23.9 Å². The molecule has 10 heteroatoms. The fraction of sp³-hybridized carbons (Fsp3) is 0.222. The van der Waals surface area contributed by atoms with E-state index in [2.05, 4.69) is 15.5 Å². The van der Waals surface area contributed by atoms with Crippen LogP contribution in [-0.4, -0.2) is 51.1 Å². The normalized spacial score (nSPS) is 15.1. The van der Waals surface area contributed by atoms with Crippen molar-refractivity contribution in [2.45, 2.75) is 23.9 Å². The number of sulfonamides is 1. The Hall–Kier alpha value is -2.72. The van der Waals surface area contributed by atoms with E-state index in [0.717, 1.165) is 21.1 Å². The standard InChI is InChI=1S/C18H17N5O3S2/c1-12-7-8-13(2)15(11-12)23-18(19-20-21-23)27-10-9-22-17(24)14-5-3-4-6-16(14)28(22,25)26/h3-8,11H,9-10H2,1-2H3. The zero-order chi connectivity index (χ0) is 19.9. The topological polar surface area (TPSA) is 98.1 Å². The predicted octanol–water partition coefficient (Wildman–Crippen LogP) is 2.22. The third kappa shape index (κ3) is 3.08. The molecule has 0 fully saturated rings. The van der Waals surface area contributed by atoms with Gasteiger partial charge in [-0.3, -0.25) is 4.79 Å². The van der Waals surface area contributed by atoms with Gasteiger partial charge in [-0.15, -0.1) is 5.10 Å². The molecule has 1 aliphatic rings. The quantitative estimate of drug-likeness (QED) is 0.589. The lowest BCUT2D eigenvalue weighted by atomic mass is 10.1. The van der Waals surface area contributed by atoms with Crippen LogP contribution in [0.2, 0.25) is 0 Å². The van der Waals surface area contributed by atoms with Crippen molar-refractivity contribution in [3.63, 3.8) is 0 Å². The van der Waals surface area contributed by atoms with Crippen molar-refractivity contribution >= 4 is 27.7 Å². The summed E-state index contributed by atoms with van der Waals surface area (Å²) < 4.78 is 27.8. The molecule has 0 bridgehead atoms. The van der Waals surface area contributed by atoms with E-state index in [0.29, 0.717) is 10.9 Å². The Labute approximate surface area is 166 Å². The molecule has 0 saturated carbocycles. The van der Waals surface area contributed by atoms with E-state index in [4.69, 9.17) is 0 Å². The highest BCUT2D eigenvalue weighted by molar-refractivity contribution is 7.99. The summed E-state index contributed by atoms with van der Waals surface area (Å²) in [5, 5.41) is 12.4. The second-order valence-electron chi connectivity index (χ2n) is 6.39. The minimum atomic E-state index is -3.80. The van der Waals surface area contributed by atoms with Gasteiger partial charge in [0.05, 0.1) is 11.3 Å². The second-order valence-corrected chi connectivity index (χ2v) is 9.28. The third-order valence-corrected chi connectivity index (χ3v) is 7.21. The minimum absolute atomic E-state index is 0.0418. The molecule has 3 aromatic rings. The van der Waals surface area contributed by atoms with E-state index < -0.39 is 15.9 Å². The van der Waals surface area contributed by atoms with Crippen LogP contribution in [0, 0.1) is 13.8 Å². The van der Waals surface area contributed by atoms with Crippen molar-refractivity contribution in [1.29, 1.82) is 0 Å². The smallest absolute Gasteiger partial charge is 0.268 e. The lowest BCUT2D eigenvalue weighted by molar-refractivity contribution is 0.0876. The van der Waals surface area contributed by atoms with Crippen LogP contribution in [0.3, 0.4) is 0 Å². The summed E-state index contributed by atoms with van der Waals surface area (Å²) in [5.41, 5.74) is 3.18. The van der Waals surface area contributed by atoms with Gasteiger partial charge in [0.1, 0.15) is 4.90 Å². The zero-order valence-corrected chi connectivity index (χ0v) is 16.9. The molecule has 8 nitrogen and oxygen atoms in total. The summed E-state index contributed by atoms with van der Waals surface area (Å²) in [6.45, 7) is 4.00. The summed E-state index contributed by atoms with van der Waals surface area (Å²) in [6.07, 6.45) is 0. The molecule has 0 spiro atoms. The minimum Gasteiger partial charge on any atom is -0.268 e. The number of tetrazole rings is 1. The van der Waals surface area contributed by atoms with Gasteiger partial charge in [0, 0.05) is 12.3 Å². The van der Waals surface area contributed by atoms with Gasteiger partial charge in [-0.05, 0) is 53.6 Å². The van der Waals surface area contributed by atoms with Crippen LogP contribution in [0.15, 0.2) is 52.5 Å². The van der Waals surface area contributed by atoms with Gasteiger partial charge in [-0.25, -0.2) is 12.7 Å². The van der Waals surface area contributed by atoms with Gasteiger partial charge in [0.25, 0.3) is 15.9 Å². The first-order valence-electron chi connectivity index (χ1n) is 8.54. The summed E-state index contributed by atoms with van der Waals surface area (Å²) in [7, 11) is -3.80. The molecule has 28 heavy (non-hydrogen) atoms. The molecule has 0 aliphatic carbocycles. The number of carbonyl (C=O) groups excluding carboxylic acids is 1.